The number of imidazole rings is 1. The number of alkyl halides is 1. The van der Waals surface area contributed by atoms with Crippen LogP contribution in [0.15, 0.2) is 39.6 Å². The smallest absolute Gasteiger partial charge is 0.306 e. The molecule has 7 heteroatoms. The van der Waals surface area contributed by atoms with Gasteiger partial charge in [0.2, 0.25) is 0 Å². The van der Waals surface area contributed by atoms with Crippen molar-refractivity contribution in [1.29, 1.82) is 0 Å². The van der Waals surface area contributed by atoms with Gasteiger partial charge in [-0.3, -0.25) is 0 Å². The number of rotatable bonds is 2. The third-order valence-corrected chi connectivity index (χ3v) is 5.39. The molecule has 0 saturated carbocycles. The number of hydrogen-bond acceptors (Lipinski definition) is 1. The highest BCUT2D eigenvalue weighted by molar-refractivity contribution is 9.11. The molecule has 3 nitrogen and oxygen atoms in total. The van der Waals surface area contributed by atoms with Crippen LogP contribution in [0.5, 0.6) is 0 Å². The number of nitrogens with one attached hydrogen (secondary N) is 2. The van der Waals surface area contributed by atoms with Crippen molar-refractivity contribution >= 4 is 66.1 Å². The number of H-pyrrole nitrogens is 2. The fourth-order valence-electron chi connectivity index (χ4n) is 2.14. The summed E-state index contributed by atoms with van der Waals surface area (Å²) in [5.41, 5.74) is 3.05. The van der Waals surface area contributed by atoms with Crippen LogP contribution < -0.4 is 5.69 Å². The first-order chi connectivity index (χ1) is 9.95. The Morgan fingerprint density at radius 3 is 2.38 bits per heavy atom. The van der Waals surface area contributed by atoms with Crippen LogP contribution in [0.25, 0.3) is 11.0 Å². The first-order valence-corrected chi connectivity index (χ1v) is 8.42. The molecule has 0 bridgehead atoms. The molecular formula is C14H8Br2Cl2N2O. The Bertz CT molecular complexity index is 888. The predicted octanol–water partition coefficient (Wildman–Crippen LogP) is 5.41. The molecule has 2 aromatic carbocycles. The third-order valence-electron chi connectivity index (χ3n) is 3.14. The number of halogens is 4. The highest BCUT2D eigenvalue weighted by atomic mass is 79.9. The van der Waals surface area contributed by atoms with Gasteiger partial charge < -0.3 is 9.97 Å². The average Bonchev–Trinajstić information content (AvgIpc) is 2.79. The Morgan fingerprint density at radius 2 is 1.67 bits per heavy atom. The van der Waals surface area contributed by atoms with Gasteiger partial charge in [-0.25, -0.2) is 4.79 Å². The SMILES string of the molecule is O=c1[nH]c2cc(Br)c(C(Br)c3cc(Cl)ccc3Cl)cc2[nH]1. The molecule has 2 N–H and O–H groups in total. The van der Waals surface area contributed by atoms with Crippen LogP contribution in [0, 0.1) is 0 Å². The van der Waals surface area contributed by atoms with E-state index in [-0.39, 0.29) is 10.5 Å². The average molecular weight is 451 g/mol. The largest absolute Gasteiger partial charge is 0.323 e. The molecule has 0 saturated heterocycles. The number of aromatic nitrogens is 2. The van der Waals surface area contributed by atoms with E-state index in [1.54, 1.807) is 12.1 Å². The second-order valence-corrected chi connectivity index (χ2v) is 7.14. The van der Waals surface area contributed by atoms with Crippen LogP contribution in [-0.4, -0.2) is 9.97 Å². The van der Waals surface area contributed by atoms with Crippen molar-refractivity contribution in [3.05, 3.63) is 66.5 Å². The second kappa shape index (κ2) is 5.80. The number of fused-ring (bicyclic) bond motifs is 1. The van der Waals surface area contributed by atoms with Gasteiger partial charge in [0.05, 0.1) is 15.9 Å². The first-order valence-electron chi connectivity index (χ1n) is 5.96. The summed E-state index contributed by atoms with van der Waals surface area (Å²) in [7, 11) is 0. The Morgan fingerprint density at radius 1 is 1.00 bits per heavy atom. The van der Waals surface area contributed by atoms with E-state index in [9.17, 15) is 4.79 Å². The van der Waals surface area contributed by atoms with E-state index in [1.165, 1.54) is 0 Å². The zero-order valence-electron chi connectivity index (χ0n) is 10.4. The summed E-state index contributed by atoms with van der Waals surface area (Å²) in [5, 5.41) is 1.24. The van der Waals surface area contributed by atoms with Gasteiger partial charge in [-0.15, -0.1) is 0 Å². The molecule has 0 aliphatic carbocycles. The summed E-state index contributed by atoms with van der Waals surface area (Å²) in [6, 6.07) is 9.08. The molecule has 108 valence electrons. The lowest BCUT2D eigenvalue weighted by Gasteiger charge is -2.15. The van der Waals surface area contributed by atoms with Crippen LogP contribution >= 0.6 is 55.1 Å². The minimum absolute atomic E-state index is 0.152. The zero-order valence-corrected chi connectivity index (χ0v) is 15.1. The van der Waals surface area contributed by atoms with Crippen molar-refractivity contribution in [2.45, 2.75) is 4.83 Å². The highest BCUT2D eigenvalue weighted by Gasteiger charge is 2.18. The normalized spacial score (nSPS) is 12.8. The molecule has 1 unspecified atom stereocenters. The molecule has 0 fully saturated rings. The minimum atomic E-state index is -0.235. The summed E-state index contributed by atoms with van der Waals surface area (Å²) >= 11 is 19.5. The van der Waals surface area contributed by atoms with Crippen molar-refractivity contribution in [1.82, 2.24) is 9.97 Å². The van der Waals surface area contributed by atoms with Gasteiger partial charge in [0, 0.05) is 14.5 Å². The summed E-state index contributed by atoms with van der Waals surface area (Å²) in [5.74, 6) is 0. The molecule has 21 heavy (non-hydrogen) atoms. The monoisotopic (exact) mass is 448 g/mol. The fraction of sp³-hybridized carbons (Fsp3) is 0.0714. The van der Waals surface area contributed by atoms with Crippen LogP contribution in [0.2, 0.25) is 10.0 Å². The lowest BCUT2D eigenvalue weighted by Crippen LogP contribution is -1.99. The fourth-order valence-corrected chi connectivity index (χ4v) is 4.32. The Labute approximate surface area is 146 Å². The first kappa shape index (κ1) is 15.2. The van der Waals surface area contributed by atoms with Crippen molar-refractivity contribution < 1.29 is 0 Å². The van der Waals surface area contributed by atoms with E-state index in [1.807, 2.05) is 18.2 Å². The number of benzene rings is 2. The van der Waals surface area contributed by atoms with E-state index in [0.29, 0.717) is 10.0 Å². The maximum atomic E-state index is 11.4. The van der Waals surface area contributed by atoms with Gasteiger partial charge in [0.25, 0.3) is 0 Å². The molecule has 0 spiro atoms. The Kier molecular flexibility index (Phi) is 4.19. The molecule has 0 amide bonds. The molecule has 0 aliphatic heterocycles. The molecular weight excluding hydrogens is 443 g/mol. The number of aromatic amines is 2. The maximum absolute atomic E-state index is 11.4. The minimum Gasteiger partial charge on any atom is -0.306 e. The predicted molar refractivity (Wildman–Crippen MR) is 93.9 cm³/mol. The van der Waals surface area contributed by atoms with E-state index in [4.69, 9.17) is 23.2 Å². The quantitative estimate of drug-likeness (QED) is 0.504. The summed E-state index contributed by atoms with van der Waals surface area (Å²) in [6.07, 6.45) is 0. The van der Waals surface area contributed by atoms with Crippen LogP contribution in [-0.2, 0) is 0 Å². The van der Waals surface area contributed by atoms with E-state index >= 15 is 0 Å². The summed E-state index contributed by atoms with van der Waals surface area (Å²) in [6.45, 7) is 0. The zero-order chi connectivity index (χ0) is 15.1. The molecule has 0 aliphatic rings. The van der Waals surface area contributed by atoms with Crippen molar-refractivity contribution in [2.75, 3.05) is 0 Å². The summed E-state index contributed by atoms with van der Waals surface area (Å²) < 4.78 is 0.864. The topological polar surface area (TPSA) is 48.6 Å². The highest BCUT2D eigenvalue weighted by Crippen LogP contribution is 2.40. The van der Waals surface area contributed by atoms with Crippen LogP contribution in [0.1, 0.15) is 16.0 Å². The Hall–Kier alpha value is -0.750. The van der Waals surface area contributed by atoms with Crippen molar-refractivity contribution in [2.24, 2.45) is 0 Å². The molecule has 1 atom stereocenters. The second-order valence-electron chi connectivity index (χ2n) is 4.53. The van der Waals surface area contributed by atoms with Gasteiger partial charge in [-0.05, 0) is 41.5 Å². The molecule has 0 radical (unpaired) electrons. The van der Waals surface area contributed by atoms with Crippen molar-refractivity contribution in [3.8, 4) is 0 Å². The van der Waals surface area contributed by atoms with E-state index in [0.717, 1.165) is 26.6 Å². The van der Waals surface area contributed by atoms with Gasteiger partial charge in [-0.1, -0.05) is 55.1 Å². The number of hydrogen-bond donors (Lipinski definition) is 2. The summed E-state index contributed by atoms with van der Waals surface area (Å²) in [4.78, 5) is 16.7. The van der Waals surface area contributed by atoms with Crippen LogP contribution in [0.3, 0.4) is 0 Å². The Balaban J connectivity index is 2.16. The maximum Gasteiger partial charge on any atom is 0.323 e. The molecule has 3 rings (SSSR count). The molecule has 3 aromatic rings. The lowest BCUT2D eigenvalue weighted by molar-refractivity contribution is 1.17. The standard InChI is InChI=1S/C14H8Br2Cl2N2O/c15-9-5-12-11(19-14(21)20-12)4-7(9)13(16)8-3-6(17)1-2-10(8)18/h1-5,13H,(H2,19,20,21). The van der Waals surface area contributed by atoms with Crippen molar-refractivity contribution in [3.63, 3.8) is 0 Å². The van der Waals surface area contributed by atoms with Crippen LogP contribution in [0.4, 0.5) is 0 Å². The van der Waals surface area contributed by atoms with Gasteiger partial charge in [-0.2, -0.15) is 0 Å². The van der Waals surface area contributed by atoms with Gasteiger partial charge in [0.15, 0.2) is 0 Å². The molecule has 1 aromatic heterocycles. The molecule has 1 heterocycles. The van der Waals surface area contributed by atoms with Gasteiger partial charge in [0.1, 0.15) is 0 Å². The van der Waals surface area contributed by atoms with E-state index in [2.05, 4.69) is 41.8 Å². The van der Waals surface area contributed by atoms with E-state index < -0.39 is 0 Å². The third kappa shape index (κ3) is 2.93. The van der Waals surface area contributed by atoms with Gasteiger partial charge >= 0.3 is 5.69 Å². The lowest BCUT2D eigenvalue weighted by atomic mass is 10.0.